The number of hydrogen-bond acceptors (Lipinski definition) is 3. The van der Waals surface area contributed by atoms with Crippen LogP contribution >= 0.6 is 15.9 Å². The fourth-order valence-corrected chi connectivity index (χ4v) is 3.61. The van der Waals surface area contributed by atoms with Crippen LogP contribution in [0.25, 0.3) is 0 Å². The molecule has 1 fully saturated rings. The van der Waals surface area contributed by atoms with E-state index in [1.165, 1.54) is 12.1 Å². The van der Waals surface area contributed by atoms with Crippen molar-refractivity contribution in [2.45, 2.75) is 18.2 Å². The summed E-state index contributed by atoms with van der Waals surface area (Å²) in [5.74, 6) is -0.229. The molecule has 0 aromatic heterocycles. The first-order valence-corrected chi connectivity index (χ1v) is 7.45. The molecule has 1 heterocycles. The topological polar surface area (TPSA) is 54.5 Å². The van der Waals surface area contributed by atoms with Gasteiger partial charge in [-0.2, -0.15) is 0 Å². The van der Waals surface area contributed by atoms with Crippen molar-refractivity contribution < 1.29 is 13.2 Å². The van der Waals surface area contributed by atoms with Crippen molar-refractivity contribution in [3.63, 3.8) is 0 Å². The third kappa shape index (κ3) is 2.37. The minimum atomic E-state index is -3.67. The molecule has 1 aliphatic heterocycles. The highest BCUT2D eigenvalue weighted by Crippen LogP contribution is 2.25. The van der Waals surface area contributed by atoms with Crippen molar-refractivity contribution in [3.8, 4) is 0 Å². The van der Waals surface area contributed by atoms with E-state index >= 15 is 0 Å². The Hall–Kier alpha value is -0.880. The highest BCUT2D eigenvalue weighted by molar-refractivity contribution is 9.10. The van der Waals surface area contributed by atoms with Crippen molar-refractivity contribution in [2.24, 2.45) is 5.92 Å². The van der Waals surface area contributed by atoms with Gasteiger partial charge in [0.1, 0.15) is 0 Å². The molecule has 0 spiro atoms. The van der Waals surface area contributed by atoms with Crippen LogP contribution in [0.1, 0.15) is 13.3 Å². The number of hydrogen-bond donors (Lipinski definition) is 0. The minimum Gasteiger partial charge on any atom is -0.274 e. The number of amides is 1. The van der Waals surface area contributed by atoms with Crippen LogP contribution in [-0.2, 0) is 14.8 Å². The summed E-state index contributed by atoms with van der Waals surface area (Å²) in [7, 11) is -3.67. The summed E-state index contributed by atoms with van der Waals surface area (Å²) >= 11 is 3.24. The number of sulfonamides is 1. The third-order valence-corrected chi connectivity index (χ3v) is 5.01. The van der Waals surface area contributed by atoms with Crippen LogP contribution in [0.4, 0.5) is 0 Å². The van der Waals surface area contributed by atoms with Crippen molar-refractivity contribution in [1.82, 2.24) is 4.31 Å². The second-order valence-corrected chi connectivity index (χ2v) is 6.97. The summed E-state index contributed by atoms with van der Waals surface area (Å²) in [5.41, 5.74) is 0. The van der Waals surface area contributed by atoms with E-state index in [1.807, 2.05) is 6.92 Å². The lowest BCUT2D eigenvalue weighted by molar-refractivity contribution is -0.123. The molecule has 1 unspecified atom stereocenters. The Morgan fingerprint density at radius 1 is 1.29 bits per heavy atom. The van der Waals surface area contributed by atoms with E-state index in [0.717, 1.165) is 8.78 Å². The van der Waals surface area contributed by atoms with Gasteiger partial charge < -0.3 is 0 Å². The molecule has 0 bridgehead atoms. The van der Waals surface area contributed by atoms with E-state index in [1.54, 1.807) is 12.1 Å². The molecule has 4 nitrogen and oxygen atoms in total. The lowest BCUT2D eigenvalue weighted by atomic mass is 10.2. The molecule has 1 amide bonds. The van der Waals surface area contributed by atoms with Crippen LogP contribution < -0.4 is 0 Å². The van der Waals surface area contributed by atoms with E-state index in [0.29, 0.717) is 6.42 Å². The Kier molecular flexibility index (Phi) is 3.27. The van der Waals surface area contributed by atoms with Gasteiger partial charge >= 0.3 is 0 Å². The molecule has 0 radical (unpaired) electrons. The summed E-state index contributed by atoms with van der Waals surface area (Å²) in [4.78, 5) is 11.8. The predicted octanol–water partition coefficient (Wildman–Crippen LogP) is 2.01. The molecule has 92 valence electrons. The number of halogens is 1. The predicted molar refractivity (Wildman–Crippen MR) is 66.8 cm³/mol. The van der Waals surface area contributed by atoms with Gasteiger partial charge in [-0.25, -0.2) is 12.7 Å². The van der Waals surface area contributed by atoms with Crippen LogP contribution in [-0.4, -0.2) is 25.2 Å². The van der Waals surface area contributed by atoms with E-state index < -0.39 is 10.0 Å². The van der Waals surface area contributed by atoms with Crippen LogP contribution in [0.5, 0.6) is 0 Å². The first-order chi connectivity index (χ1) is 7.91. The van der Waals surface area contributed by atoms with E-state index in [2.05, 4.69) is 15.9 Å². The Morgan fingerprint density at radius 2 is 1.88 bits per heavy atom. The molecule has 1 aliphatic rings. The molecule has 1 saturated heterocycles. The van der Waals surface area contributed by atoms with Gasteiger partial charge in [-0.05, 0) is 30.2 Å². The normalized spacial score (nSPS) is 20.9. The second kappa shape index (κ2) is 4.42. The van der Waals surface area contributed by atoms with Crippen molar-refractivity contribution in [2.75, 3.05) is 6.54 Å². The fourth-order valence-electron chi connectivity index (χ4n) is 1.82. The van der Waals surface area contributed by atoms with Crippen LogP contribution in [0, 0.1) is 5.92 Å². The van der Waals surface area contributed by atoms with Crippen LogP contribution in [0.2, 0.25) is 0 Å². The molecule has 1 aromatic rings. The smallest absolute Gasteiger partial charge is 0.266 e. The van der Waals surface area contributed by atoms with Gasteiger partial charge in [0.25, 0.3) is 10.0 Å². The molecule has 17 heavy (non-hydrogen) atoms. The highest BCUT2D eigenvalue weighted by Gasteiger charge is 2.36. The zero-order valence-corrected chi connectivity index (χ0v) is 11.7. The Labute approximate surface area is 109 Å². The monoisotopic (exact) mass is 317 g/mol. The van der Waals surface area contributed by atoms with Gasteiger partial charge in [0.05, 0.1) is 4.90 Å². The number of carbonyl (C=O) groups is 1. The van der Waals surface area contributed by atoms with Gasteiger partial charge in [0.2, 0.25) is 5.91 Å². The fraction of sp³-hybridized carbons (Fsp3) is 0.364. The summed E-state index contributed by atoms with van der Waals surface area (Å²) < 4.78 is 26.2. The standard InChI is InChI=1S/C11H12BrNO3S/c1-8-6-11(14)13(7-8)17(15,16)10-4-2-9(12)3-5-10/h2-5,8H,6-7H2,1H3. The summed E-state index contributed by atoms with van der Waals surface area (Å²) in [6.45, 7) is 2.15. The van der Waals surface area contributed by atoms with Crippen LogP contribution in [0.15, 0.2) is 33.6 Å². The van der Waals surface area contributed by atoms with Gasteiger partial charge in [-0.3, -0.25) is 4.79 Å². The zero-order valence-electron chi connectivity index (χ0n) is 9.26. The van der Waals surface area contributed by atoms with Crippen molar-refractivity contribution in [3.05, 3.63) is 28.7 Å². The van der Waals surface area contributed by atoms with Crippen molar-refractivity contribution in [1.29, 1.82) is 0 Å². The average Bonchev–Trinajstić information content (AvgIpc) is 2.59. The largest absolute Gasteiger partial charge is 0.274 e. The van der Waals surface area contributed by atoms with Gasteiger partial charge in [-0.15, -0.1) is 0 Å². The summed E-state index contributed by atoms with van der Waals surface area (Å²) in [6.07, 6.45) is 0.301. The van der Waals surface area contributed by atoms with Crippen LogP contribution in [0.3, 0.4) is 0 Å². The number of nitrogens with zero attached hydrogens (tertiary/aromatic N) is 1. The summed E-state index contributed by atoms with van der Waals surface area (Å²) in [6, 6.07) is 6.29. The number of benzene rings is 1. The average molecular weight is 318 g/mol. The maximum absolute atomic E-state index is 12.2. The van der Waals surface area contributed by atoms with Gasteiger partial charge in [-0.1, -0.05) is 22.9 Å². The number of carbonyl (C=O) groups excluding carboxylic acids is 1. The number of rotatable bonds is 2. The molecular weight excluding hydrogens is 306 g/mol. The quantitative estimate of drug-likeness (QED) is 0.838. The first-order valence-electron chi connectivity index (χ1n) is 5.22. The molecule has 1 atom stereocenters. The second-order valence-electron chi connectivity index (χ2n) is 4.19. The van der Waals surface area contributed by atoms with E-state index in [9.17, 15) is 13.2 Å². The third-order valence-electron chi connectivity index (χ3n) is 2.68. The van der Waals surface area contributed by atoms with Gasteiger partial charge in [0, 0.05) is 17.4 Å². The minimum absolute atomic E-state index is 0.0905. The van der Waals surface area contributed by atoms with Gasteiger partial charge in [0.15, 0.2) is 0 Å². The molecule has 6 heteroatoms. The zero-order chi connectivity index (χ0) is 12.6. The van der Waals surface area contributed by atoms with Crippen molar-refractivity contribution >= 4 is 31.9 Å². The lowest BCUT2D eigenvalue weighted by Gasteiger charge is -2.16. The molecule has 0 N–H and O–H groups in total. The molecular formula is C11H12BrNO3S. The molecule has 0 saturated carbocycles. The Bertz CT molecular complexity index is 538. The lowest BCUT2D eigenvalue weighted by Crippen LogP contribution is -2.32. The van der Waals surface area contributed by atoms with E-state index in [4.69, 9.17) is 0 Å². The molecule has 0 aliphatic carbocycles. The Balaban J connectivity index is 2.37. The highest BCUT2D eigenvalue weighted by atomic mass is 79.9. The maximum atomic E-state index is 12.2. The summed E-state index contributed by atoms with van der Waals surface area (Å²) in [5, 5.41) is 0. The SMILES string of the molecule is CC1CC(=O)N(S(=O)(=O)c2ccc(Br)cc2)C1. The molecule has 2 rings (SSSR count). The molecule has 1 aromatic carbocycles. The first kappa shape index (κ1) is 12.6. The van der Waals surface area contributed by atoms with E-state index in [-0.39, 0.29) is 23.3 Å². The maximum Gasteiger partial charge on any atom is 0.266 e. The Morgan fingerprint density at radius 3 is 2.35 bits per heavy atom.